The third-order valence-corrected chi connectivity index (χ3v) is 3.69. The van der Waals surface area contributed by atoms with E-state index in [-0.39, 0.29) is 0 Å². The summed E-state index contributed by atoms with van der Waals surface area (Å²) in [5, 5.41) is 4.47. The van der Waals surface area contributed by atoms with Gasteiger partial charge in [-0.05, 0) is 31.9 Å². The van der Waals surface area contributed by atoms with Crippen molar-refractivity contribution in [2.75, 3.05) is 26.1 Å². The summed E-state index contributed by atoms with van der Waals surface area (Å²) in [5.41, 5.74) is 3.18. The minimum absolute atomic E-state index is 0.614. The van der Waals surface area contributed by atoms with E-state index in [0.29, 0.717) is 5.92 Å². The molecule has 1 fully saturated rings. The molecule has 106 valence electrons. The first kappa shape index (κ1) is 13.0. The zero-order chi connectivity index (χ0) is 14.1. The Balaban J connectivity index is 2.25. The van der Waals surface area contributed by atoms with E-state index >= 15 is 0 Å². The standard InChI is InChI=1S/C16H20N2O2/c1-4-17-14-9-13(10-5-6-10)18-16-12(14)7-11(19-2)8-15(16)20-3/h7-10H,4-6H2,1-3H3,(H,17,18). The molecule has 1 aliphatic carbocycles. The van der Waals surface area contributed by atoms with Crippen molar-refractivity contribution in [2.45, 2.75) is 25.7 Å². The van der Waals surface area contributed by atoms with E-state index < -0.39 is 0 Å². The van der Waals surface area contributed by atoms with E-state index in [2.05, 4.69) is 18.3 Å². The fourth-order valence-electron chi connectivity index (χ4n) is 2.49. The molecule has 1 aromatic heterocycles. The van der Waals surface area contributed by atoms with Crippen molar-refractivity contribution in [3.63, 3.8) is 0 Å². The molecule has 4 heteroatoms. The number of hydrogen-bond acceptors (Lipinski definition) is 4. The lowest BCUT2D eigenvalue weighted by Gasteiger charge is -2.14. The van der Waals surface area contributed by atoms with Gasteiger partial charge in [-0.15, -0.1) is 0 Å². The average Bonchev–Trinajstić information content (AvgIpc) is 3.31. The fourth-order valence-corrected chi connectivity index (χ4v) is 2.49. The molecule has 0 radical (unpaired) electrons. The Labute approximate surface area is 119 Å². The van der Waals surface area contributed by atoms with Crippen molar-refractivity contribution in [1.29, 1.82) is 0 Å². The van der Waals surface area contributed by atoms with Crippen molar-refractivity contribution >= 4 is 16.6 Å². The van der Waals surface area contributed by atoms with Gasteiger partial charge in [-0.2, -0.15) is 0 Å². The maximum absolute atomic E-state index is 5.49. The number of methoxy groups -OCH3 is 2. The van der Waals surface area contributed by atoms with E-state index in [1.54, 1.807) is 14.2 Å². The predicted octanol–water partition coefficient (Wildman–Crippen LogP) is 3.56. The van der Waals surface area contributed by atoms with Crippen LogP contribution >= 0.6 is 0 Å². The van der Waals surface area contributed by atoms with Gasteiger partial charge >= 0.3 is 0 Å². The summed E-state index contributed by atoms with van der Waals surface area (Å²) in [4.78, 5) is 4.81. The summed E-state index contributed by atoms with van der Waals surface area (Å²) in [6.45, 7) is 2.98. The number of benzene rings is 1. The maximum atomic E-state index is 5.49. The lowest BCUT2D eigenvalue weighted by Crippen LogP contribution is -2.01. The minimum atomic E-state index is 0.614. The van der Waals surface area contributed by atoms with Crippen LogP contribution in [0.3, 0.4) is 0 Å². The Hall–Kier alpha value is -1.97. The Kier molecular flexibility index (Phi) is 3.38. The summed E-state index contributed by atoms with van der Waals surface area (Å²) < 4.78 is 10.8. The second kappa shape index (κ2) is 5.19. The molecule has 2 aromatic rings. The van der Waals surface area contributed by atoms with Gasteiger partial charge in [-0.25, -0.2) is 4.98 Å². The van der Waals surface area contributed by atoms with E-state index in [4.69, 9.17) is 14.5 Å². The van der Waals surface area contributed by atoms with Gasteiger partial charge in [0.1, 0.15) is 17.0 Å². The molecule has 0 unspecified atom stereocenters. The molecule has 0 bridgehead atoms. The van der Waals surface area contributed by atoms with E-state index in [1.165, 1.54) is 12.8 Å². The first-order chi connectivity index (χ1) is 9.76. The highest BCUT2D eigenvalue weighted by Gasteiger charge is 2.26. The van der Waals surface area contributed by atoms with Crippen LogP contribution in [0.1, 0.15) is 31.4 Å². The fraction of sp³-hybridized carbons (Fsp3) is 0.438. The zero-order valence-corrected chi connectivity index (χ0v) is 12.2. The van der Waals surface area contributed by atoms with Crippen LogP contribution in [0.5, 0.6) is 11.5 Å². The monoisotopic (exact) mass is 272 g/mol. The normalized spacial score (nSPS) is 14.3. The topological polar surface area (TPSA) is 43.4 Å². The van der Waals surface area contributed by atoms with Crippen molar-refractivity contribution in [3.05, 3.63) is 23.9 Å². The summed E-state index contributed by atoms with van der Waals surface area (Å²) >= 11 is 0. The van der Waals surface area contributed by atoms with Gasteiger partial charge in [0.25, 0.3) is 0 Å². The number of fused-ring (bicyclic) bond motifs is 1. The van der Waals surface area contributed by atoms with Crippen LogP contribution in [0.25, 0.3) is 10.9 Å². The lowest BCUT2D eigenvalue weighted by atomic mass is 10.1. The van der Waals surface area contributed by atoms with E-state index in [1.807, 2.05) is 12.1 Å². The van der Waals surface area contributed by atoms with Crippen molar-refractivity contribution in [1.82, 2.24) is 4.98 Å². The number of nitrogens with one attached hydrogen (secondary N) is 1. The Bertz CT molecular complexity index is 636. The molecule has 1 N–H and O–H groups in total. The number of hydrogen-bond donors (Lipinski definition) is 1. The summed E-state index contributed by atoms with van der Waals surface area (Å²) in [6.07, 6.45) is 2.48. The quantitative estimate of drug-likeness (QED) is 0.903. The third kappa shape index (κ3) is 2.26. The van der Waals surface area contributed by atoms with Crippen molar-refractivity contribution in [3.8, 4) is 11.5 Å². The van der Waals surface area contributed by atoms with Crippen LogP contribution < -0.4 is 14.8 Å². The largest absolute Gasteiger partial charge is 0.497 e. The van der Waals surface area contributed by atoms with Gasteiger partial charge in [-0.3, -0.25) is 0 Å². The third-order valence-electron chi connectivity index (χ3n) is 3.69. The highest BCUT2D eigenvalue weighted by atomic mass is 16.5. The first-order valence-corrected chi connectivity index (χ1v) is 7.07. The van der Waals surface area contributed by atoms with Crippen LogP contribution in [-0.4, -0.2) is 25.7 Å². The van der Waals surface area contributed by atoms with Gasteiger partial charge in [0.2, 0.25) is 0 Å². The van der Waals surface area contributed by atoms with Crippen LogP contribution in [0.4, 0.5) is 5.69 Å². The van der Waals surface area contributed by atoms with Crippen LogP contribution in [-0.2, 0) is 0 Å². The number of nitrogens with zero attached hydrogens (tertiary/aromatic N) is 1. The zero-order valence-electron chi connectivity index (χ0n) is 12.2. The molecule has 0 saturated heterocycles. The number of ether oxygens (including phenoxy) is 2. The van der Waals surface area contributed by atoms with Crippen molar-refractivity contribution in [2.24, 2.45) is 0 Å². The molecule has 1 saturated carbocycles. The number of rotatable bonds is 5. The van der Waals surface area contributed by atoms with Gasteiger partial charge < -0.3 is 14.8 Å². The molecular weight excluding hydrogens is 252 g/mol. The highest BCUT2D eigenvalue weighted by molar-refractivity contribution is 5.96. The molecule has 1 heterocycles. The minimum Gasteiger partial charge on any atom is -0.497 e. The smallest absolute Gasteiger partial charge is 0.148 e. The predicted molar refractivity (Wildman–Crippen MR) is 81.0 cm³/mol. The van der Waals surface area contributed by atoms with E-state index in [9.17, 15) is 0 Å². The summed E-state index contributed by atoms with van der Waals surface area (Å²) in [5.74, 6) is 2.17. The molecule has 1 aromatic carbocycles. The van der Waals surface area contributed by atoms with E-state index in [0.717, 1.165) is 40.3 Å². The molecule has 20 heavy (non-hydrogen) atoms. The number of anilines is 1. The first-order valence-electron chi connectivity index (χ1n) is 7.07. The summed E-state index contributed by atoms with van der Waals surface area (Å²) in [7, 11) is 3.34. The number of aromatic nitrogens is 1. The number of pyridine rings is 1. The Morgan fingerprint density at radius 3 is 2.60 bits per heavy atom. The molecule has 0 spiro atoms. The molecule has 0 aliphatic heterocycles. The maximum Gasteiger partial charge on any atom is 0.148 e. The van der Waals surface area contributed by atoms with Crippen LogP contribution in [0, 0.1) is 0 Å². The highest BCUT2D eigenvalue weighted by Crippen LogP contribution is 2.43. The molecule has 0 amide bonds. The van der Waals surface area contributed by atoms with Crippen LogP contribution in [0.2, 0.25) is 0 Å². The molecule has 0 atom stereocenters. The van der Waals surface area contributed by atoms with Gasteiger partial charge in [-0.1, -0.05) is 0 Å². The Morgan fingerprint density at radius 2 is 2.00 bits per heavy atom. The molecule has 4 nitrogen and oxygen atoms in total. The molecular formula is C16H20N2O2. The second-order valence-corrected chi connectivity index (χ2v) is 5.13. The molecule has 3 rings (SSSR count). The summed E-state index contributed by atoms with van der Waals surface area (Å²) in [6, 6.07) is 6.07. The van der Waals surface area contributed by atoms with Gasteiger partial charge in [0.15, 0.2) is 0 Å². The van der Waals surface area contributed by atoms with Gasteiger partial charge in [0, 0.05) is 35.3 Å². The van der Waals surface area contributed by atoms with Crippen LogP contribution in [0.15, 0.2) is 18.2 Å². The molecule has 1 aliphatic rings. The van der Waals surface area contributed by atoms with Crippen molar-refractivity contribution < 1.29 is 9.47 Å². The average molecular weight is 272 g/mol. The van der Waals surface area contributed by atoms with Gasteiger partial charge in [0.05, 0.1) is 14.2 Å². The SMILES string of the molecule is CCNc1cc(C2CC2)nc2c(OC)cc(OC)cc12. The Morgan fingerprint density at radius 1 is 1.20 bits per heavy atom. The second-order valence-electron chi connectivity index (χ2n) is 5.13. The lowest BCUT2D eigenvalue weighted by molar-refractivity contribution is 0.397.